The largest absolute Gasteiger partial charge is 0.477 e. The molecule has 0 unspecified atom stereocenters. The Bertz CT molecular complexity index is 819. The third kappa shape index (κ3) is 4.71. The number of hydrogen-bond acceptors (Lipinski definition) is 1. The summed E-state index contributed by atoms with van der Waals surface area (Å²) in [6.07, 6.45) is 0.754. The van der Waals surface area contributed by atoms with Crippen LogP contribution in [0.3, 0.4) is 0 Å². The Morgan fingerprint density at radius 3 is 1.45 bits per heavy atom. The van der Waals surface area contributed by atoms with Crippen molar-refractivity contribution in [3.63, 3.8) is 0 Å². The zero-order valence-electron chi connectivity index (χ0n) is 16.0. The number of unbranched alkanes of at least 4 members (excludes halogenated alkanes) is 1. The average Bonchev–Trinajstić information content (AvgIpc) is 2.76. The van der Waals surface area contributed by atoms with E-state index in [1.54, 1.807) is 0 Å². The van der Waals surface area contributed by atoms with E-state index in [1.807, 2.05) is 54.6 Å². The highest BCUT2D eigenvalue weighted by atomic mass is 31.2. The van der Waals surface area contributed by atoms with Gasteiger partial charge < -0.3 is 5.11 Å². The molecule has 0 bridgehead atoms. The SMILES string of the molecule is O=C(O)C(F)(F)CCCC[P+](c1ccccc1)(c1ccccc1)c1ccccc1. The number of carboxylic acids is 1. The van der Waals surface area contributed by atoms with Crippen LogP contribution in [-0.4, -0.2) is 23.2 Å². The molecule has 29 heavy (non-hydrogen) atoms. The van der Waals surface area contributed by atoms with E-state index >= 15 is 0 Å². The number of benzene rings is 3. The molecule has 0 heterocycles. The normalized spacial score (nSPS) is 11.9. The van der Waals surface area contributed by atoms with Gasteiger partial charge in [0.05, 0.1) is 6.16 Å². The Balaban J connectivity index is 2.00. The first-order chi connectivity index (χ1) is 14.0. The minimum atomic E-state index is -3.67. The van der Waals surface area contributed by atoms with Crippen molar-refractivity contribution in [2.75, 3.05) is 6.16 Å². The Morgan fingerprint density at radius 1 is 0.724 bits per heavy atom. The molecule has 1 N–H and O–H groups in total. The molecule has 0 saturated carbocycles. The van der Waals surface area contributed by atoms with Crippen LogP contribution in [0.15, 0.2) is 91.0 Å². The van der Waals surface area contributed by atoms with Crippen LogP contribution in [0.2, 0.25) is 0 Å². The lowest BCUT2D eigenvalue weighted by molar-refractivity contribution is -0.165. The van der Waals surface area contributed by atoms with Gasteiger partial charge in [-0.2, -0.15) is 8.78 Å². The highest BCUT2D eigenvalue weighted by molar-refractivity contribution is 7.95. The number of alkyl halides is 2. The fourth-order valence-electron chi connectivity index (χ4n) is 3.68. The van der Waals surface area contributed by atoms with Crippen molar-refractivity contribution < 1.29 is 18.7 Å². The molecule has 0 fully saturated rings. The van der Waals surface area contributed by atoms with Crippen molar-refractivity contribution in [1.29, 1.82) is 0 Å². The summed E-state index contributed by atoms with van der Waals surface area (Å²) < 4.78 is 27.1. The molecule has 150 valence electrons. The van der Waals surface area contributed by atoms with E-state index in [9.17, 15) is 13.6 Å². The van der Waals surface area contributed by atoms with Gasteiger partial charge in [0.15, 0.2) is 0 Å². The molecule has 2 nitrogen and oxygen atoms in total. The first kappa shape index (κ1) is 21.1. The fourth-order valence-corrected chi connectivity index (χ4v) is 8.10. The Hall–Kier alpha value is -2.58. The van der Waals surface area contributed by atoms with Gasteiger partial charge >= 0.3 is 11.9 Å². The van der Waals surface area contributed by atoms with Gasteiger partial charge in [-0.1, -0.05) is 54.6 Å². The molecule has 0 spiro atoms. The van der Waals surface area contributed by atoms with Crippen molar-refractivity contribution in [1.82, 2.24) is 0 Å². The standard InChI is InChI=1S/C24H23F2O2P/c25-24(26,23(27)28)18-10-11-19-29(20-12-4-1-5-13-20,21-14-6-2-7-15-21)22-16-8-3-9-17-22/h1-9,12-17H,10-11,18-19H2/p+1. The average molecular weight is 413 g/mol. The summed E-state index contributed by atoms with van der Waals surface area (Å²) in [5.74, 6) is -5.72. The summed E-state index contributed by atoms with van der Waals surface area (Å²) >= 11 is 0. The molecule has 0 atom stereocenters. The first-order valence-corrected chi connectivity index (χ1v) is 11.6. The second-order valence-electron chi connectivity index (χ2n) is 7.01. The van der Waals surface area contributed by atoms with Crippen molar-refractivity contribution in [3.8, 4) is 0 Å². The third-order valence-corrected chi connectivity index (χ3v) is 9.66. The Morgan fingerprint density at radius 2 is 1.10 bits per heavy atom. The van der Waals surface area contributed by atoms with E-state index in [0.29, 0.717) is 12.6 Å². The predicted octanol–water partition coefficient (Wildman–Crippen LogP) is 4.87. The van der Waals surface area contributed by atoms with Crippen LogP contribution in [0.4, 0.5) is 8.78 Å². The highest BCUT2D eigenvalue weighted by Gasteiger charge is 2.45. The molecule has 0 aliphatic carbocycles. The van der Waals surface area contributed by atoms with Crippen molar-refractivity contribution >= 4 is 29.1 Å². The van der Waals surface area contributed by atoms with E-state index in [-0.39, 0.29) is 6.42 Å². The molecule has 0 amide bonds. The van der Waals surface area contributed by atoms with E-state index in [2.05, 4.69) is 36.4 Å². The number of carbonyl (C=O) groups is 1. The maximum Gasteiger partial charge on any atom is 0.374 e. The summed E-state index contributed by atoms with van der Waals surface area (Å²) in [4.78, 5) is 10.7. The number of rotatable bonds is 9. The van der Waals surface area contributed by atoms with E-state index in [4.69, 9.17) is 5.11 Å². The fraction of sp³-hybridized carbons (Fsp3) is 0.208. The van der Waals surface area contributed by atoms with Gasteiger partial charge in [-0.3, -0.25) is 0 Å². The minimum absolute atomic E-state index is 0.160. The van der Waals surface area contributed by atoms with E-state index in [1.165, 1.54) is 15.9 Å². The summed E-state index contributed by atoms with van der Waals surface area (Å²) in [5.41, 5.74) is 0. The number of aliphatic carboxylic acids is 1. The van der Waals surface area contributed by atoms with Gasteiger partial charge in [0, 0.05) is 6.42 Å². The van der Waals surface area contributed by atoms with Crippen molar-refractivity contribution in [2.24, 2.45) is 0 Å². The minimum Gasteiger partial charge on any atom is -0.477 e. The quantitative estimate of drug-likeness (QED) is 0.401. The molecule has 3 rings (SSSR count). The summed E-state index contributed by atoms with van der Waals surface area (Å²) in [6.45, 7) is 0. The van der Waals surface area contributed by atoms with E-state index < -0.39 is 25.6 Å². The summed E-state index contributed by atoms with van der Waals surface area (Å²) in [6, 6.07) is 30.6. The Labute approximate surface area is 170 Å². The summed E-state index contributed by atoms with van der Waals surface area (Å²) in [7, 11) is -2.05. The first-order valence-electron chi connectivity index (χ1n) is 9.63. The molecular formula is C24H24F2O2P+. The van der Waals surface area contributed by atoms with Gasteiger partial charge in [0.25, 0.3) is 0 Å². The van der Waals surface area contributed by atoms with Crippen LogP contribution in [0, 0.1) is 0 Å². The van der Waals surface area contributed by atoms with Crippen LogP contribution in [0.5, 0.6) is 0 Å². The zero-order chi connectivity index (χ0) is 20.7. The van der Waals surface area contributed by atoms with Crippen molar-refractivity contribution in [2.45, 2.75) is 25.2 Å². The van der Waals surface area contributed by atoms with Crippen LogP contribution in [-0.2, 0) is 4.79 Å². The topological polar surface area (TPSA) is 37.3 Å². The van der Waals surface area contributed by atoms with E-state index in [0.717, 1.165) is 0 Å². The number of halogens is 2. The van der Waals surface area contributed by atoms with Crippen LogP contribution in [0.1, 0.15) is 19.3 Å². The maximum atomic E-state index is 13.5. The highest BCUT2D eigenvalue weighted by Crippen LogP contribution is 2.56. The summed E-state index contributed by atoms with van der Waals surface area (Å²) in [5, 5.41) is 12.3. The lowest BCUT2D eigenvalue weighted by Crippen LogP contribution is -2.33. The molecule has 3 aromatic rings. The lowest BCUT2D eigenvalue weighted by atomic mass is 10.1. The van der Waals surface area contributed by atoms with Gasteiger partial charge in [0.1, 0.15) is 23.2 Å². The second kappa shape index (κ2) is 9.28. The third-order valence-electron chi connectivity index (χ3n) is 5.14. The second-order valence-corrected chi connectivity index (χ2v) is 10.6. The molecule has 0 radical (unpaired) electrons. The number of carboxylic acid groups (broad SMARTS) is 1. The molecule has 0 aliphatic rings. The zero-order valence-corrected chi connectivity index (χ0v) is 16.9. The Kier molecular flexibility index (Phi) is 6.76. The molecule has 5 heteroatoms. The molecule has 0 aromatic heterocycles. The van der Waals surface area contributed by atoms with Crippen LogP contribution in [0.25, 0.3) is 0 Å². The molecular weight excluding hydrogens is 389 g/mol. The molecule has 3 aromatic carbocycles. The molecule has 0 aliphatic heterocycles. The van der Waals surface area contributed by atoms with Crippen LogP contribution < -0.4 is 15.9 Å². The van der Waals surface area contributed by atoms with Crippen LogP contribution >= 0.6 is 7.26 Å². The van der Waals surface area contributed by atoms with Crippen molar-refractivity contribution in [3.05, 3.63) is 91.0 Å². The number of hydrogen-bond donors (Lipinski definition) is 1. The lowest BCUT2D eigenvalue weighted by Gasteiger charge is -2.28. The van der Waals surface area contributed by atoms with Gasteiger partial charge in [-0.15, -0.1) is 0 Å². The van der Waals surface area contributed by atoms with Gasteiger partial charge in [-0.05, 0) is 49.2 Å². The maximum absolute atomic E-state index is 13.5. The van der Waals surface area contributed by atoms with Gasteiger partial charge in [0.2, 0.25) is 0 Å². The monoisotopic (exact) mass is 413 g/mol. The van der Waals surface area contributed by atoms with Gasteiger partial charge in [-0.25, -0.2) is 4.79 Å². The molecule has 0 saturated heterocycles. The smallest absolute Gasteiger partial charge is 0.374 e. The predicted molar refractivity (Wildman–Crippen MR) is 116 cm³/mol.